The number of ether oxygens (including phenoxy) is 1. The number of anilines is 1. The van der Waals surface area contributed by atoms with Gasteiger partial charge in [-0.1, -0.05) is 12.1 Å². The van der Waals surface area contributed by atoms with Gasteiger partial charge in [-0.05, 0) is 17.7 Å². The van der Waals surface area contributed by atoms with Gasteiger partial charge in [-0.3, -0.25) is 5.43 Å². The minimum atomic E-state index is -0.703. The van der Waals surface area contributed by atoms with E-state index in [2.05, 4.69) is 10.2 Å². The Hall–Kier alpha value is -2.76. The van der Waals surface area contributed by atoms with E-state index < -0.39 is 5.97 Å². The first-order valence-corrected chi connectivity index (χ1v) is 5.81. The van der Waals surface area contributed by atoms with Crippen LogP contribution in [0.25, 0.3) is 0 Å². The Labute approximate surface area is 115 Å². The van der Waals surface area contributed by atoms with Gasteiger partial charge in [0.15, 0.2) is 11.6 Å². The molecule has 0 saturated carbocycles. The van der Waals surface area contributed by atoms with Crippen LogP contribution in [0.4, 0.5) is 5.69 Å². The second kappa shape index (κ2) is 5.48. The van der Waals surface area contributed by atoms with Crippen LogP contribution >= 0.6 is 0 Å². The van der Waals surface area contributed by atoms with Crippen molar-refractivity contribution in [1.29, 1.82) is 0 Å². The van der Waals surface area contributed by atoms with Crippen molar-refractivity contribution in [2.24, 2.45) is 11.5 Å². The van der Waals surface area contributed by atoms with E-state index in [9.17, 15) is 9.59 Å². The first kappa shape index (κ1) is 13.7. The Kier molecular flexibility index (Phi) is 3.74. The van der Waals surface area contributed by atoms with Gasteiger partial charge in [-0.15, -0.1) is 0 Å². The Morgan fingerprint density at radius 2 is 2.25 bits per heavy atom. The molecule has 0 atom stereocenters. The summed E-state index contributed by atoms with van der Waals surface area (Å²) in [6.07, 6.45) is 0. The third-order valence-corrected chi connectivity index (χ3v) is 2.87. The zero-order chi connectivity index (χ0) is 14.7. The summed E-state index contributed by atoms with van der Waals surface area (Å²) < 4.78 is 4.60. The van der Waals surface area contributed by atoms with Gasteiger partial charge in [0.1, 0.15) is 11.4 Å². The molecule has 0 amide bonds. The smallest absolute Gasteiger partial charge is 0.344 e. The molecule has 20 heavy (non-hydrogen) atoms. The number of carbonyl (C=O) groups is 1. The molecule has 1 aliphatic rings. The number of benzene rings is 1. The highest BCUT2D eigenvalue weighted by Crippen LogP contribution is 2.26. The molecule has 7 nitrogen and oxygen atoms in total. The molecular weight excluding hydrogens is 260 g/mol. The molecule has 104 valence electrons. The highest BCUT2D eigenvalue weighted by Gasteiger charge is 2.32. The van der Waals surface area contributed by atoms with E-state index >= 15 is 0 Å². The Balaban J connectivity index is 2.46. The Bertz CT molecular complexity index is 632. The topological polar surface area (TPSA) is 111 Å². The molecule has 0 radical (unpaired) electrons. The number of hydrazine groups is 1. The van der Waals surface area contributed by atoms with Crippen LogP contribution < -0.4 is 21.9 Å². The van der Waals surface area contributed by atoms with Crippen LogP contribution in [0.5, 0.6) is 0 Å². The largest absolute Gasteiger partial charge is 0.465 e. The number of rotatable bonds is 3. The lowest BCUT2D eigenvalue weighted by molar-refractivity contribution is -0.135. The molecule has 5 N–H and O–H groups in total. The third-order valence-electron chi connectivity index (χ3n) is 2.87. The maximum Gasteiger partial charge on any atom is 0.344 e. The average Bonchev–Trinajstić information content (AvgIpc) is 2.83. The molecule has 0 spiro atoms. The maximum atomic E-state index is 11.6. The van der Waals surface area contributed by atoms with E-state index in [1.165, 1.54) is 12.1 Å². The molecule has 1 aromatic rings. The zero-order valence-corrected chi connectivity index (χ0v) is 10.8. The normalized spacial score (nSPS) is 14.1. The molecule has 0 unspecified atom stereocenters. The molecule has 2 rings (SSSR count). The van der Waals surface area contributed by atoms with Crippen molar-refractivity contribution in [3.05, 3.63) is 46.9 Å². The minimum absolute atomic E-state index is 0.0411. The van der Waals surface area contributed by atoms with E-state index in [1.807, 2.05) is 6.07 Å². The quantitative estimate of drug-likeness (QED) is 0.504. The number of nitrogens with one attached hydrogen (secondary N) is 1. The van der Waals surface area contributed by atoms with Crippen molar-refractivity contribution >= 4 is 17.6 Å². The molecule has 0 saturated heterocycles. The summed E-state index contributed by atoms with van der Waals surface area (Å²) in [6.45, 7) is 0.367. The fourth-order valence-electron chi connectivity index (χ4n) is 1.88. The molecule has 0 fully saturated rings. The SMILES string of the molecule is COC(=O)C1=C(N)N(c2cccc(CN)c2)NC1=C=O. The highest BCUT2D eigenvalue weighted by atomic mass is 16.5. The molecule has 1 heterocycles. The second-order valence-corrected chi connectivity index (χ2v) is 4.05. The molecule has 0 aromatic heterocycles. The average molecular weight is 274 g/mol. The lowest BCUT2D eigenvalue weighted by atomic mass is 10.2. The number of hydrogen-bond acceptors (Lipinski definition) is 7. The maximum absolute atomic E-state index is 11.6. The number of methoxy groups -OCH3 is 1. The summed E-state index contributed by atoms with van der Waals surface area (Å²) in [5.74, 6) is 1.01. The molecule has 0 aliphatic carbocycles. The van der Waals surface area contributed by atoms with E-state index in [1.54, 1.807) is 24.1 Å². The molecule has 1 aromatic carbocycles. The van der Waals surface area contributed by atoms with Crippen LogP contribution in [-0.4, -0.2) is 19.0 Å². The van der Waals surface area contributed by atoms with Gasteiger partial charge in [-0.2, -0.15) is 0 Å². The highest BCUT2D eigenvalue weighted by molar-refractivity contribution is 5.99. The predicted octanol–water partition coefficient (Wildman–Crippen LogP) is -0.471. The lowest BCUT2D eigenvalue weighted by Gasteiger charge is -2.20. The number of nitrogens with zero attached hydrogens (tertiary/aromatic N) is 1. The fraction of sp³-hybridized carbons (Fsp3) is 0.154. The van der Waals surface area contributed by atoms with Crippen molar-refractivity contribution in [3.8, 4) is 0 Å². The van der Waals surface area contributed by atoms with Crippen molar-refractivity contribution in [2.75, 3.05) is 12.1 Å². The lowest BCUT2D eigenvalue weighted by Crippen LogP contribution is -2.34. The van der Waals surface area contributed by atoms with Crippen molar-refractivity contribution < 1.29 is 14.3 Å². The van der Waals surface area contributed by atoms with Crippen LogP contribution in [0.3, 0.4) is 0 Å². The molecule has 7 heteroatoms. The zero-order valence-electron chi connectivity index (χ0n) is 10.8. The van der Waals surface area contributed by atoms with E-state index in [4.69, 9.17) is 11.5 Å². The molecular formula is C13H14N4O3. The van der Waals surface area contributed by atoms with Gasteiger partial charge in [0.05, 0.1) is 12.8 Å². The van der Waals surface area contributed by atoms with Crippen molar-refractivity contribution in [3.63, 3.8) is 0 Å². The number of nitrogens with two attached hydrogens (primary N) is 2. The van der Waals surface area contributed by atoms with Gasteiger partial charge in [-0.25, -0.2) is 14.6 Å². The van der Waals surface area contributed by atoms with Crippen molar-refractivity contribution in [2.45, 2.75) is 6.54 Å². The summed E-state index contributed by atoms with van der Waals surface area (Å²) in [7, 11) is 1.21. The fourth-order valence-corrected chi connectivity index (χ4v) is 1.88. The number of esters is 1. The summed E-state index contributed by atoms with van der Waals surface area (Å²) >= 11 is 0. The van der Waals surface area contributed by atoms with Crippen LogP contribution in [0.2, 0.25) is 0 Å². The van der Waals surface area contributed by atoms with Gasteiger partial charge in [0, 0.05) is 6.54 Å². The summed E-state index contributed by atoms with van der Waals surface area (Å²) in [5.41, 5.74) is 15.6. The first-order valence-electron chi connectivity index (χ1n) is 5.81. The third kappa shape index (κ3) is 2.23. The van der Waals surface area contributed by atoms with E-state index in [0.717, 1.165) is 5.56 Å². The van der Waals surface area contributed by atoms with Crippen molar-refractivity contribution in [1.82, 2.24) is 5.43 Å². The summed E-state index contributed by atoms with van der Waals surface area (Å²) in [5, 5.41) is 1.41. The molecule has 1 aliphatic heterocycles. The Morgan fingerprint density at radius 1 is 1.50 bits per heavy atom. The monoisotopic (exact) mass is 274 g/mol. The van der Waals surface area contributed by atoms with Gasteiger partial charge >= 0.3 is 5.97 Å². The van der Waals surface area contributed by atoms with Gasteiger partial charge < -0.3 is 16.2 Å². The second-order valence-electron chi connectivity index (χ2n) is 4.05. The standard InChI is InChI=1S/C13H14N4O3/c1-20-13(19)11-10(7-18)16-17(12(11)15)9-4-2-3-8(5-9)6-14/h2-5,16H,6,14-15H2,1H3. The molecule has 0 bridgehead atoms. The summed E-state index contributed by atoms with van der Waals surface area (Å²) in [6, 6.07) is 7.22. The van der Waals surface area contributed by atoms with Gasteiger partial charge in [0.25, 0.3) is 0 Å². The number of hydrogen-bond donors (Lipinski definition) is 3. The predicted molar refractivity (Wildman–Crippen MR) is 72.4 cm³/mol. The van der Waals surface area contributed by atoms with Crippen LogP contribution in [-0.2, 0) is 20.9 Å². The Morgan fingerprint density at radius 3 is 2.85 bits per heavy atom. The van der Waals surface area contributed by atoms with Crippen LogP contribution in [0, 0.1) is 0 Å². The van der Waals surface area contributed by atoms with E-state index in [0.29, 0.717) is 12.2 Å². The van der Waals surface area contributed by atoms with Crippen LogP contribution in [0.15, 0.2) is 41.4 Å². The minimum Gasteiger partial charge on any atom is -0.465 e. The van der Waals surface area contributed by atoms with E-state index in [-0.39, 0.29) is 17.1 Å². The summed E-state index contributed by atoms with van der Waals surface area (Å²) in [4.78, 5) is 22.6. The first-order chi connectivity index (χ1) is 9.62. The van der Waals surface area contributed by atoms with Crippen LogP contribution in [0.1, 0.15) is 5.56 Å². The number of carbonyl (C=O) groups excluding carboxylic acids is 2. The van der Waals surface area contributed by atoms with Gasteiger partial charge in [0.2, 0.25) is 0 Å².